The lowest BCUT2D eigenvalue weighted by Gasteiger charge is -2.16. The van der Waals surface area contributed by atoms with Gasteiger partial charge in [-0.05, 0) is 66.2 Å². The highest BCUT2D eigenvalue weighted by atomic mass is 35.5. The summed E-state index contributed by atoms with van der Waals surface area (Å²) in [6.07, 6.45) is -4.42. The van der Waals surface area contributed by atoms with Crippen molar-refractivity contribution in [1.29, 1.82) is 0 Å². The van der Waals surface area contributed by atoms with Crippen LogP contribution in [0.1, 0.15) is 11.1 Å². The molecular formula is C25H18ClF4N5O2. The topological polar surface area (TPSA) is 100 Å². The number of halogens is 5. The summed E-state index contributed by atoms with van der Waals surface area (Å²) in [4.78, 5) is 24.7. The van der Waals surface area contributed by atoms with Crippen molar-refractivity contribution in [2.45, 2.75) is 18.6 Å². The van der Waals surface area contributed by atoms with Crippen molar-refractivity contribution in [3.05, 3.63) is 94.8 Å². The van der Waals surface area contributed by atoms with E-state index in [0.29, 0.717) is 16.1 Å². The van der Waals surface area contributed by atoms with Crippen molar-refractivity contribution in [2.24, 2.45) is 0 Å². The van der Waals surface area contributed by atoms with Gasteiger partial charge in [0.1, 0.15) is 11.9 Å². The van der Waals surface area contributed by atoms with Crippen molar-refractivity contribution >= 4 is 35.2 Å². The second-order valence-corrected chi connectivity index (χ2v) is 8.32. The lowest BCUT2D eigenvalue weighted by molar-refractivity contribution is -0.138. The first-order chi connectivity index (χ1) is 17.6. The van der Waals surface area contributed by atoms with Gasteiger partial charge in [-0.2, -0.15) is 28.1 Å². The van der Waals surface area contributed by atoms with E-state index in [0.717, 1.165) is 12.1 Å². The van der Waals surface area contributed by atoms with E-state index in [-0.39, 0.29) is 29.8 Å². The number of nitrogens with zero attached hydrogens (tertiary/aromatic N) is 3. The molecule has 0 aliphatic rings. The van der Waals surface area contributed by atoms with E-state index >= 15 is 0 Å². The van der Waals surface area contributed by atoms with Gasteiger partial charge in [-0.15, -0.1) is 0 Å². The number of carboxylic acid groups (broad SMARTS) is 1. The summed E-state index contributed by atoms with van der Waals surface area (Å²) in [5, 5.41) is 15.8. The summed E-state index contributed by atoms with van der Waals surface area (Å²) in [6, 6.07) is 15.0. The molecule has 37 heavy (non-hydrogen) atoms. The Labute approximate surface area is 213 Å². The smallest absolute Gasteiger partial charge is 0.416 e. The third-order valence-corrected chi connectivity index (χ3v) is 5.41. The number of nitrogens with one attached hydrogen (secondary N) is 2. The van der Waals surface area contributed by atoms with Crippen LogP contribution in [0.2, 0.25) is 5.02 Å². The van der Waals surface area contributed by atoms with E-state index in [4.69, 9.17) is 11.6 Å². The van der Waals surface area contributed by atoms with Gasteiger partial charge in [-0.1, -0.05) is 23.7 Å². The van der Waals surface area contributed by atoms with Crippen LogP contribution in [0.3, 0.4) is 0 Å². The Kier molecular flexibility index (Phi) is 7.53. The molecule has 0 saturated carbocycles. The van der Waals surface area contributed by atoms with E-state index in [2.05, 4.69) is 25.6 Å². The van der Waals surface area contributed by atoms with Gasteiger partial charge in [0.25, 0.3) is 0 Å². The molecule has 4 rings (SSSR count). The number of carboxylic acids is 1. The Balaban J connectivity index is 1.65. The molecule has 3 aromatic carbocycles. The molecule has 1 unspecified atom stereocenters. The first kappa shape index (κ1) is 25.8. The Bertz CT molecular complexity index is 1380. The number of aromatic nitrogens is 3. The molecule has 0 spiro atoms. The van der Waals surface area contributed by atoms with Gasteiger partial charge in [0, 0.05) is 22.7 Å². The van der Waals surface area contributed by atoms with E-state index in [1.165, 1.54) is 36.4 Å². The van der Waals surface area contributed by atoms with Crippen molar-refractivity contribution in [3.8, 4) is 11.4 Å². The SMILES string of the molecule is O=C(O)C(Cc1ccc(Cl)cc1)Nc1nc(Nc2ccc(C(F)(F)F)cc2)nc(-c2ccc(F)cc2)n1. The van der Waals surface area contributed by atoms with Crippen LogP contribution in [-0.4, -0.2) is 32.1 Å². The second-order valence-electron chi connectivity index (χ2n) is 7.88. The Morgan fingerprint density at radius 1 is 0.892 bits per heavy atom. The molecule has 190 valence electrons. The van der Waals surface area contributed by atoms with Crippen LogP contribution in [0, 0.1) is 5.82 Å². The van der Waals surface area contributed by atoms with Crippen molar-refractivity contribution in [1.82, 2.24) is 15.0 Å². The van der Waals surface area contributed by atoms with E-state index in [9.17, 15) is 27.5 Å². The summed E-state index contributed by atoms with van der Waals surface area (Å²) in [5.74, 6) is -1.73. The number of carbonyl (C=O) groups is 1. The molecule has 1 aromatic heterocycles. The normalized spacial score (nSPS) is 12.1. The van der Waals surface area contributed by atoms with Crippen molar-refractivity contribution in [2.75, 3.05) is 10.6 Å². The highest BCUT2D eigenvalue weighted by Gasteiger charge is 2.30. The molecular weight excluding hydrogens is 514 g/mol. The fourth-order valence-corrected chi connectivity index (χ4v) is 3.43. The average molecular weight is 532 g/mol. The molecule has 4 aromatic rings. The molecule has 0 fully saturated rings. The van der Waals surface area contributed by atoms with Crippen LogP contribution in [-0.2, 0) is 17.4 Å². The van der Waals surface area contributed by atoms with Crippen LogP contribution in [0.15, 0.2) is 72.8 Å². The number of hydrogen-bond acceptors (Lipinski definition) is 6. The summed E-state index contributed by atoms with van der Waals surface area (Å²) >= 11 is 5.90. The van der Waals surface area contributed by atoms with Crippen molar-refractivity contribution in [3.63, 3.8) is 0 Å². The molecule has 12 heteroatoms. The predicted octanol–water partition coefficient (Wildman–Crippen LogP) is 6.20. The number of alkyl halides is 3. The first-order valence-electron chi connectivity index (χ1n) is 10.8. The van der Waals surface area contributed by atoms with E-state index < -0.39 is 29.6 Å². The van der Waals surface area contributed by atoms with Gasteiger partial charge in [0.2, 0.25) is 11.9 Å². The molecule has 1 heterocycles. The number of benzene rings is 3. The standard InChI is InChI=1S/C25H18ClF4N5O2/c26-17-7-1-14(2-8-17)13-20(22(36)37)32-24-34-21(15-3-9-18(27)10-4-15)33-23(35-24)31-19-11-5-16(6-12-19)25(28,29)30/h1-12,20H,13H2,(H,36,37)(H2,31,32,33,34,35). The summed E-state index contributed by atoms with van der Waals surface area (Å²) in [6.45, 7) is 0. The second kappa shape index (κ2) is 10.8. The maximum Gasteiger partial charge on any atom is 0.416 e. The van der Waals surface area contributed by atoms with Crippen LogP contribution in [0.25, 0.3) is 11.4 Å². The van der Waals surface area contributed by atoms with E-state index in [1.807, 2.05) is 0 Å². The van der Waals surface area contributed by atoms with Crippen LogP contribution in [0.4, 0.5) is 35.1 Å². The van der Waals surface area contributed by atoms with Gasteiger partial charge in [-0.25, -0.2) is 9.18 Å². The minimum atomic E-state index is -4.49. The van der Waals surface area contributed by atoms with Gasteiger partial charge in [0.05, 0.1) is 5.56 Å². The molecule has 3 N–H and O–H groups in total. The van der Waals surface area contributed by atoms with Gasteiger partial charge < -0.3 is 15.7 Å². The predicted molar refractivity (Wildman–Crippen MR) is 130 cm³/mol. The monoisotopic (exact) mass is 531 g/mol. The lowest BCUT2D eigenvalue weighted by atomic mass is 10.1. The zero-order chi connectivity index (χ0) is 26.6. The maximum atomic E-state index is 13.4. The minimum absolute atomic E-state index is 0.0628. The van der Waals surface area contributed by atoms with Crippen LogP contribution < -0.4 is 10.6 Å². The average Bonchev–Trinajstić information content (AvgIpc) is 2.85. The quantitative estimate of drug-likeness (QED) is 0.233. The summed E-state index contributed by atoms with van der Waals surface area (Å²) < 4.78 is 52.1. The maximum absolute atomic E-state index is 13.4. The highest BCUT2D eigenvalue weighted by Crippen LogP contribution is 2.30. The van der Waals surface area contributed by atoms with Crippen molar-refractivity contribution < 1.29 is 27.5 Å². The van der Waals surface area contributed by atoms with Crippen LogP contribution >= 0.6 is 11.6 Å². The Hall–Kier alpha value is -4.25. The fourth-order valence-electron chi connectivity index (χ4n) is 3.31. The highest BCUT2D eigenvalue weighted by molar-refractivity contribution is 6.30. The minimum Gasteiger partial charge on any atom is -0.480 e. The van der Waals surface area contributed by atoms with E-state index in [1.54, 1.807) is 24.3 Å². The summed E-state index contributed by atoms with van der Waals surface area (Å²) in [7, 11) is 0. The number of hydrogen-bond donors (Lipinski definition) is 3. The number of anilines is 3. The molecule has 0 radical (unpaired) electrons. The lowest BCUT2D eigenvalue weighted by Crippen LogP contribution is -2.32. The number of aliphatic carboxylic acids is 1. The van der Waals surface area contributed by atoms with Gasteiger partial charge in [-0.3, -0.25) is 0 Å². The first-order valence-corrected chi connectivity index (χ1v) is 11.1. The third-order valence-electron chi connectivity index (χ3n) is 5.16. The zero-order valence-corrected chi connectivity index (χ0v) is 19.6. The molecule has 0 aliphatic heterocycles. The zero-order valence-electron chi connectivity index (χ0n) is 18.8. The number of rotatable bonds is 8. The molecule has 0 saturated heterocycles. The summed E-state index contributed by atoms with van der Waals surface area (Å²) in [5.41, 5.74) is 0.535. The van der Waals surface area contributed by atoms with Gasteiger partial charge >= 0.3 is 12.1 Å². The Morgan fingerprint density at radius 2 is 1.51 bits per heavy atom. The molecule has 1 atom stereocenters. The van der Waals surface area contributed by atoms with Crippen LogP contribution in [0.5, 0.6) is 0 Å². The molecule has 0 aliphatic carbocycles. The molecule has 0 amide bonds. The van der Waals surface area contributed by atoms with Gasteiger partial charge in [0.15, 0.2) is 5.82 Å². The fraction of sp³-hybridized carbons (Fsp3) is 0.120. The third kappa shape index (κ3) is 6.91. The molecule has 7 nitrogen and oxygen atoms in total. The molecule has 0 bridgehead atoms. The largest absolute Gasteiger partial charge is 0.480 e. The Morgan fingerprint density at radius 3 is 2.11 bits per heavy atom.